The van der Waals surface area contributed by atoms with E-state index in [1.54, 1.807) is 36.9 Å². The van der Waals surface area contributed by atoms with Crippen LogP contribution in [0.15, 0.2) is 60.3 Å². The van der Waals surface area contributed by atoms with Crippen LogP contribution in [0, 0.1) is 6.92 Å². The standard InChI is InChI=1S/C24H24ClN5O2S/c1-4-29(3)23(31)14-33-22-12-27-11-19(25)18(22)13-32-21-7-5-6-17-20(30-9-8-26-15-30)10-16(2)28-24(17)21/h5-12,15H,4,13-14H2,1-3H3. The molecule has 0 spiro atoms. The lowest BCUT2D eigenvalue weighted by Crippen LogP contribution is -2.27. The number of ether oxygens (including phenoxy) is 1. The molecule has 0 N–H and O–H groups in total. The van der Waals surface area contributed by atoms with E-state index in [9.17, 15) is 4.79 Å². The molecule has 0 fully saturated rings. The molecule has 0 radical (unpaired) electrons. The molecule has 1 amide bonds. The largest absolute Gasteiger partial charge is 0.487 e. The molecule has 3 aromatic heterocycles. The zero-order valence-corrected chi connectivity index (χ0v) is 20.2. The molecule has 0 aliphatic heterocycles. The second-order valence-electron chi connectivity index (χ2n) is 7.49. The lowest BCUT2D eigenvalue weighted by atomic mass is 10.1. The van der Waals surface area contributed by atoms with E-state index in [-0.39, 0.29) is 12.5 Å². The van der Waals surface area contributed by atoms with E-state index >= 15 is 0 Å². The van der Waals surface area contributed by atoms with E-state index in [0.29, 0.717) is 23.1 Å². The molecule has 4 rings (SSSR count). The number of hydrogen-bond donors (Lipinski definition) is 0. The van der Waals surface area contributed by atoms with Crippen LogP contribution in [0.2, 0.25) is 5.02 Å². The summed E-state index contributed by atoms with van der Waals surface area (Å²) in [7, 11) is 1.79. The van der Waals surface area contributed by atoms with Gasteiger partial charge in [-0.2, -0.15) is 0 Å². The Balaban J connectivity index is 1.61. The summed E-state index contributed by atoms with van der Waals surface area (Å²) in [5.74, 6) is 1.01. The van der Waals surface area contributed by atoms with Gasteiger partial charge in [0.05, 0.1) is 22.8 Å². The summed E-state index contributed by atoms with van der Waals surface area (Å²) in [6, 6.07) is 7.87. The summed E-state index contributed by atoms with van der Waals surface area (Å²) in [5.41, 5.74) is 3.42. The Bertz CT molecular complexity index is 1280. The second kappa shape index (κ2) is 10.2. The van der Waals surface area contributed by atoms with Gasteiger partial charge in [0.2, 0.25) is 5.91 Å². The summed E-state index contributed by atoms with van der Waals surface area (Å²) in [5, 5.41) is 1.46. The van der Waals surface area contributed by atoms with Gasteiger partial charge in [-0.05, 0) is 26.0 Å². The molecule has 4 aromatic rings. The Morgan fingerprint density at radius 3 is 2.88 bits per heavy atom. The fraction of sp³-hybridized carbons (Fsp3) is 0.250. The summed E-state index contributed by atoms with van der Waals surface area (Å²) >= 11 is 7.87. The molecule has 0 aliphatic carbocycles. The van der Waals surface area contributed by atoms with Gasteiger partial charge in [0, 0.05) is 59.9 Å². The Morgan fingerprint density at radius 1 is 1.27 bits per heavy atom. The van der Waals surface area contributed by atoms with Crippen molar-refractivity contribution in [2.24, 2.45) is 0 Å². The van der Waals surface area contributed by atoms with Crippen LogP contribution >= 0.6 is 23.4 Å². The van der Waals surface area contributed by atoms with Gasteiger partial charge in [0.15, 0.2) is 0 Å². The van der Waals surface area contributed by atoms with Gasteiger partial charge in [-0.25, -0.2) is 9.97 Å². The molecule has 7 nitrogen and oxygen atoms in total. The number of para-hydroxylation sites is 1. The third-order valence-corrected chi connectivity index (χ3v) is 6.66. The van der Waals surface area contributed by atoms with Gasteiger partial charge in [-0.15, -0.1) is 11.8 Å². The van der Waals surface area contributed by atoms with Crippen molar-refractivity contribution in [3.8, 4) is 11.4 Å². The maximum Gasteiger partial charge on any atom is 0.232 e. The highest BCUT2D eigenvalue weighted by molar-refractivity contribution is 8.00. The van der Waals surface area contributed by atoms with Gasteiger partial charge in [-0.1, -0.05) is 23.7 Å². The molecule has 170 valence electrons. The van der Waals surface area contributed by atoms with E-state index < -0.39 is 0 Å². The molecule has 3 heterocycles. The van der Waals surface area contributed by atoms with Crippen LogP contribution in [0.3, 0.4) is 0 Å². The number of carbonyl (C=O) groups is 1. The van der Waals surface area contributed by atoms with Crippen molar-refractivity contribution in [2.45, 2.75) is 25.3 Å². The van der Waals surface area contributed by atoms with Crippen LogP contribution in [0.5, 0.6) is 5.75 Å². The normalized spacial score (nSPS) is 11.0. The number of carbonyl (C=O) groups excluding carboxylic acids is 1. The molecule has 9 heteroatoms. The first-order valence-electron chi connectivity index (χ1n) is 10.5. The van der Waals surface area contributed by atoms with E-state index in [4.69, 9.17) is 21.3 Å². The first-order chi connectivity index (χ1) is 16.0. The molecule has 0 bridgehead atoms. The highest BCUT2D eigenvalue weighted by Crippen LogP contribution is 2.32. The summed E-state index contributed by atoms with van der Waals surface area (Å²) in [6.45, 7) is 4.80. The van der Waals surface area contributed by atoms with Gasteiger partial charge >= 0.3 is 0 Å². The highest BCUT2D eigenvalue weighted by atomic mass is 35.5. The van der Waals surface area contributed by atoms with Crippen molar-refractivity contribution in [1.82, 2.24) is 24.4 Å². The third-order valence-electron chi connectivity index (χ3n) is 5.28. The number of thioether (sulfide) groups is 1. The molecule has 1 aromatic carbocycles. The molecule has 33 heavy (non-hydrogen) atoms. The average Bonchev–Trinajstić information content (AvgIpc) is 3.35. The van der Waals surface area contributed by atoms with E-state index in [0.717, 1.165) is 32.7 Å². The van der Waals surface area contributed by atoms with Crippen LogP contribution in [-0.2, 0) is 11.4 Å². The van der Waals surface area contributed by atoms with Crippen molar-refractivity contribution in [1.29, 1.82) is 0 Å². The fourth-order valence-electron chi connectivity index (χ4n) is 3.34. The number of fused-ring (bicyclic) bond motifs is 1. The van der Waals surface area contributed by atoms with Crippen molar-refractivity contribution in [3.05, 3.63) is 71.7 Å². The van der Waals surface area contributed by atoms with Crippen LogP contribution in [0.4, 0.5) is 0 Å². The molecule has 0 aliphatic rings. The van der Waals surface area contributed by atoms with Gasteiger partial charge in [0.1, 0.15) is 17.9 Å². The number of aryl methyl sites for hydroxylation is 1. The molecular formula is C24H24ClN5O2S. The maximum atomic E-state index is 12.2. The average molecular weight is 482 g/mol. The first kappa shape index (κ1) is 23.1. The van der Waals surface area contributed by atoms with Crippen molar-refractivity contribution >= 4 is 40.2 Å². The maximum absolute atomic E-state index is 12.2. The lowest BCUT2D eigenvalue weighted by molar-refractivity contribution is -0.126. The van der Waals surface area contributed by atoms with Crippen LogP contribution in [0.25, 0.3) is 16.6 Å². The predicted molar refractivity (Wildman–Crippen MR) is 131 cm³/mol. The lowest BCUT2D eigenvalue weighted by Gasteiger charge is -2.16. The molecule has 0 unspecified atom stereocenters. The zero-order chi connectivity index (χ0) is 23.4. The highest BCUT2D eigenvalue weighted by Gasteiger charge is 2.15. The quantitative estimate of drug-likeness (QED) is 0.332. The van der Waals surface area contributed by atoms with E-state index in [1.807, 2.05) is 48.9 Å². The summed E-state index contributed by atoms with van der Waals surface area (Å²) in [4.78, 5) is 27.8. The van der Waals surface area contributed by atoms with Crippen LogP contribution in [-0.4, -0.2) is 49.7 Å². The minimum atomic E-state index is 0.0510. The van der Waals surface area contributed by atoms with E-state index in [1.165, 1.54) is 11.8 Å². The SMILES string of the molecule is CCN(C)C(=O)CSc1cncc(Cl)c1COc1cccc2c(-n3ccnc3)cc(C)nc12. The number of aromatic nitrogens is 4. The summed E-state index contributed by atoms with van der Waals surface area (Å²) < 4.78 is 8.18. The molecule has 0 atom stereocenters. The Morgan fingerprint density at radius 2 is 2.12 bits per heavy atom. The number of imidazole rings is 1. The topological polar surface area (TPSA) is 73.1 Å². The van der Waals surface area contributed by atoms with Gasteiger partial charge in [0.25, 0.3) is 0 Å². The number of halogens is 1. The van der Waals surface area contributed by atoms with Crippen molar-refractivity contribution < 1.29 is 9.53 Å². The van der Waals surface area contributed by atoms with Crippen molar-refractivity contribution in [3.63, 3.8) is 0 Å². The van der Waals surface area contributed by atoms with E-state index in [2.05, 4.69) is 9.97 Å². The smallest absolute Gasteiger partial charge is 0.232 e. The minimum Gasteiger partial charge on any atom is -0.487 e. The Labute approximate surface area is 201 Å². The second-order valence-corrected chi connectivity index (χ2v) is 8.91. The van der Waals surface area contributed by atoms with Crippen molar-refractivity contribution in [2.75, 3.05) is 19.3 Å². The number of benzene rings is 1. The van der Waals surface area contributed by atoms with Gasteiger partial charge in [-0.3, -0.25) is 9.78 Å². The fourth-order valence-corrected chi connectivity index (χ4v) is 4.59. The first-order valence-corrected chi connectivity index (χ1v) is 11.8. The monoisotopic (exact) mass is 481 g/mol. The third kappa shape index (κ3) is 5.12. The molecule has 0 saturated heterocycles. The van der Waals surface area contributed by atoms with Crippen LogP contribution in [0.1, 0.15) is 18.2 Å². The summed E-state index contributed by atoms with van der Waals surface area (Å²) in [6.07, 6.45) is 8.72. The number of amides is 1. The Hall–Kier alpha value is -3.10. The number of rotatable bonds is 8. The number of hydrogen-bond acceptors (Lipinski definition) is 6. The number of nitrogens with zero attached hydrogens (tertiary/aromatic N) is 5. The number of pyridine rings is 2. The minimum absolute atomic E-state index is 0.0510. The van der Waals surface area contributed by atoms with Gasteiger partial charge < -0.3 is 14.2 Å². The van der Waals surface area contributed by atoms with Crippen LogP contribution < -0.4 is 4.74 Å². The predicted octanol–water partition coefficient (Wildman–Crippen LogP) is 4.93. The Kier molecular flexibility index (Phi) is 7.15. The zero-order valence-electron chi connectivity index (χ0n) is 18.7. The molecule has 0 saturated carbocycles. The molecular weight excluding hydrogens is 458 g/mol.